The van der Waals surface area contributed by atoms with Crippen LogP contribution in [0.3, 0.4) is 0 Å². The molecule has 6 atom stereocenters. The summed E-state index contributed by atoms with van der Waals surface area (Å²) in [5, 5.41) is 3.07. The van der Waals surface area contributed by atoms with Crippen LogP contribution in [0.1, 0.15) is 58.3 Å². The Morgan fingerprint density at radius 1 is 1.08 bits per heavy atom. The Balaban J connectivity index is 1.34. The van der Waals surface area contributed by atoms with Gasteiger partial charge in [-0.05, 0) is 56.8 Å². The Hall–Kier alpha value is -1.39. The Morgan fingerprint density at radius 2 is 1.75 bits per heavy atom. The Kier molecular flexibility index (Phi) is 4.13. The zero-order valence-electron chi connectivity index (χ0n) is 14.5. The van der Waals surface area contributed by atoms with Crippen LogP contribution in [0.2, 0.25) is 0 Å². The fourth-order valence-electron chi connectivity index (χ4n) is 5.84. The minimum absolute atomic E-state index is 0.0875. The van der Waals surface area contributed by atoms with E-state index in [1.165, 1.54) is 30.6 Å². The van der Waals surface area contributed by atoms with Crippen LogP contribution in [-0.2, 0) is 14.4 Å². The lowest BCUT2D eigenvalue weighted by atomic mass is 9.81. The van der Waals surface area contributed by atoms with Crippen molar-refractivity contribution in [1.29, 1.82) is 0 Å². The van der Waals surface area contributed by atoms with Gasteiger partial charge < -0.3 is 5.32 Å². The molecule has 2 bridgehead atoms. The van der Waals surface area contributed by atoms with Gasteiger partial charge in [0.05, 0.1) is 11.8 Å². The van der Waals surface area contributed by atoms with E-state index in [2.05, 4.69) is 12.2 Å². The molecule has 0 aromatic heterocycles. The molecule has 3 amide bonds. The van der Waals surface area contributed by atoms with Crippen molar-refractivity contribution < 1.29 is 14.4 Å². The molecule has 24 heavy (non-hydrogen) atoms. The number of rotatable bonds is 4. The highest BCUT2D eigenvalue weighted by molar-refractivity contribution is 6.07. The molecule has 5 nitrogen and oxygen atoms in total. The Labute approximate surface area is 143 Å². The van der Waals surface area contributed by atoms with Crippen molar-refractivity contribution in [3.63, 3.8) is 0 Å². The summed E-state index contributed by atoms with van der Waals surface area (Å²) < 4.78 is 0. The molecule has 4 fully saturated rings. The number of likely N-dealkylation sites (tertiary alicyclic amines) is 1. The van der Waals surface area contributed by atoms with Gasteiger partial charge in [-0.25, -0.2) is 0 Å². The van der Waals surface area contributed by atoms with Crippen LogP contribution in [0.5, 0.6) is 0 Å². The molecule has 0 radical (unpaired) electrons. The fraction of sp³-hybridized carbons (Fsp3) is 0.842. The maximum absolute atomic E-state index is 12.5. The molecule has 132 valence electrons. The second-order valence-electron chi connectivity index (χ2n) is 8.45. The van der Waals surface area contributed by atoms with Gasteiger partial charge >= 0.3 is 0 Å². The van der Waals surface area contributed by atoms with Gasteiger partial charge in [-0.15, -0.1) is 0 Å². The molecule has 0 spiro atoms. The number of hydrogen-bond donors (Lipinski definition) is 1. The van der Waals surface area contributed by atoms with E-state index >= 15 is 0 Å². The standard InChI is InChI=1S/C19H28N2O3/c1-11(16-9-12-6-7-13(16)8-12)20-17(22)10-21-18(23)14-4-2-3-5-15(14)19(21)24/h11-16H,2-10H2,1H3,(H,20,22)/t11-,12-,13-,14-,15+,16+/m0/s1. The van der Waals surface area contributed by atoms with E-state index in [1.807, 2.05) is 0 Å². The first-order valence-corrected chi connectivity index (χ1v) is 9.69. The molecular weight excluding hydrogens is 304 g/mol. The van der Waals surface area contributed by atoms with Crippen LogP contribution >= 0.6 is 0 Å². The molecule has 3 aliphatic carbocycles. The van der Waals surface area contributed by atoms with Gasteiger partial charge in [-0.3, -0.25) is 19.3 Å². The van der Waals surface area contributed by atoms with Crippen molar-refractivity contribution in [1.82, 2.24) is 10.2 Å². The van der Waals surface area contributed by atoms with Gasteiger partial charge in [0.2, 0.25) is 17.7 Å². The molecule has 1 aliphatic heterocycles. The first kappa shape index (κ1) is 16.1. The number of carbonyl (C=O) groups is 3. The summed E-state index contributed by atoms with van der Waals surface area (Å²) in [5.74, 6) is 1.43. The summed E-state index contributed by atoms with van der Waals surface area (Å²) in [5.41, 5.74) is 0. The summed E-state index contributed by atoms with van der Waals surface area (Å²) in [6.45, 7) is 1.99. The lowest BCUT2D eigenvalue weighted by molar-refractivity contribution is -0.143. The Bertz CT molecular complexity index is 537. The SMILES string of the molecule is C[C@H](NC(=O)CN1C(=O)[C@H]2CCCC[C@H]2C1=O)[C@H]1C[C@H]2CC[C@H]1C2. The van der Waals surface area contributed by atoms with Crippen LogP contribution in [0.25, 0.3) is 0 Å². The predicted octanol–water partition coefficient (Wildman–Crippen LogP) is 2.10. The van der Waals surface area contributed by atoms with E-state index < -0.39 is 0 Å². The van der Waals surface area contributed by atoms with E-state index in [0.29, 0.717) is 5.92 Å². The summed E-state index contributed by atoms with van der Waals surface area (Å²) in [7, 11) is 0. The van der Waals surface area contributed by atoms with Gasteiger partial charge in [0.1, 0.15) is 6.54 Å². The molecular formula is C19H28N2O3. The molecule has 3 saturated carbocycles. The first-order valence-electron chi connectivity index (χ1n) is 9.69. The highest BCUT2D eigenvalue weighted by atomic mass is 16.2. The summed E-state index contributed by atoms with van der Waals surface area (Å²) in [6.07, 6.45) is 8.81. The van der Waals surface area contributed by atoms with Gasteiger partial charge in [-0.1, -0.05) is 19.3 Å². The number of fused-ring (bicyclic) bond motifs is 3. The second-order valence-corrected chi connectivity index (χ2v) is 8.45. The third-order valence-corrected chi connectivity index (χ3v) is 7.06. The molecule has 0 aromatic carbocycles. The summed E-state index contributed by atoms with van der Waals surface area (Å²) >= 11 is 0. The van der Waals surface area contributed by atoms with Gasteiger partial charge in [-0.2, -0.15) is 0 Å². The average Bonchev–Trinajstić information content (AvgIpc) is 3.26. The number of amides is 3. The lowest BCUT2D eigenvalue weighted by Gasteiger charge is -2.29. The third kappa shape index (κ3) is 2.66. The van der Waals surface area contributed by atoms with Crippen molar-refractivity contribution in [3.8, 4) is 0 Å². The van der Waals surface area contributed by atoms with E-state index in [1.54, 1.807) is 0 Å². The monoisotopic (exact) mass is 332 g/mol. The largest absolute Gasteiger partial charge is 0.352 e. The quantitative estimate of drug-likeness (QED) is 0.802. The van der Waals surface area contributed by atoms with Gasteiger partial charge in [0.25, 0.3) is 0 Å². The maximum atomic E-state index is 12.5. The maximum Gasteiger partial charge on any atom is 0.240 e. The Morgan fingerprint density at radius 3 is 2.29 bits per heavy atom. The fourth-order valence-corrected chi connectivity index (χ4v) is 5.84. The smallest absolute Gasteiger partial charge is 0.240 e. The topological polar surface area (TPSA) is 66.5 Å². The van der Waals surface area contributed by atoms with E-state index in [-0.39, 0.29) is 42.1 Å². The zero-order chi connectivity index (χ0) is 16.8. The summed E-state index contributed by atoms with van der Waals surface area (Å²) in [6, 6.07) is 0.142. The highest BCUT2D eigenvalue weighted by Gasteiger charge is 2.49. The van der Waals surface area contributed by atoms with Crippen molar-refractivity contribution in [2.75, 3.05) is 6.54 Å². The van der Waals surface area contributed by atoms with Crippen LogP contribution in [0.15, 0.2) is 0 Å². The van der Waals surface area contributed by atoms with Crippen molar-refractivity contribution in [2.24, 2.45) is 29.6 Å². The van der Waals surface area contributed by atoms with Gasteiger partial charge in [0, 0.05) is 6.04 Å². The van der Waals surface area contributed by atoms with E-state index in [4.69, 9.17) is 0 Å². The van der Waals surface area contributed by atoms with E-state index in [9.17, 15) is 14.4 Å². The molecule has 4 aliphatic rings. The first-order chi connectivity index (χ1) is 11.5. The summed E-state index contributed by atoms with van der Waals surface area (Å²) in [4.78, 5) is 38.6. The zero-order valence-corrected chi connectivity index (χ0v) is 14.5. The normalized spacial score (nSPS) is 39.2. The number of nitrogens with zero attached hydrogens (tertiary/aromatic N) is 1. The van der Waals surface area contributed by atoms with Crippen LogP contribution in [-0.4, -0.2) is 35.2 Å². The number of hydrogen-bond acceptors (Lipinski definition) is 3. The van der Waals surface area contributed by atoms with E-state index in [0.717, 1.165) is 37.5 Å². The number of carbonyl (C=O) groups excluding carboxylic acids is 3. The predicted molar refractivity (Wildman–Crippen MR) is 88.7 cm³/mol. The average molecular weight is 332 g/mol. The minimum atomic E-state index is -0.175. The highest BCUT2D eigenvalue weighted by Crippen LogP contribution is 2.49. The van der Waals surface area contributed by atoms with Crippen molar-refractivity contribution in [2.45, 2.75) is 64.3 Å². The van der Waals surface area contributed by atoms with Gasteiger partial charge in [0.15, 0.2) is 0 Å². The molecule has 1 saturated heterocycles. The minimum Gasteiger partial charge on any atom is -0.352 e. The number of imide groups is 1. The molecule has 0 unspecified atom stereocenters. The van der Waals surface area contributed by atoms with Crippen LogP contribution < -0.4 is 5.32 Å². The molecule has 1 N–H and O–H groups in total. The second kappa shape index (κ2) is 6.16. The van der Waals surface area contributed by atoms with Crippen LogP contribution in [0, 0.1) is 29.6 Å². The molecule has 4 rings (SSSR count). The molecule has 1 heterocycles. The van der Waals surface area contributed by atoms with Crippen LogP contribution in [0.4, 0.5) is 0 Å². The lowest BCUT2D eigenvalue weighted by Crippen LogP contribution is -2.46. The molecule has 5 heteroatoms. The van der Waals surface area contributed by atoms with Crippen molar-refractivity contribution >= 4 is 17.7 Å². The molecule has 0 aromatic rings. The van der Waals surface area contributed by atoms with Crippen molar-refractivity contribution in [3.05, 3.63) is 0 Å². The third-order valence-electron chi connectivity index (χ3n) is 7.06. The number of nitrogens with one attached hydrogen (secondary N) is 1.